The average molecular weight is 508 g/mol. The number of ether oxygens (including phenoxy) is 1. The van der Waals surface area contributed by atoms with Crippen molar-refractivity contribution in [1.29, 1.82) is 0 Å². The summed E-state index contributed by atoms with van der Waals surface area (Å²) in [5, 5.41) is 15.8. The van der Waals surface area contributed by atoms with Gasteiger partial charge < -0.3 is 4.74 Å². The average Bonchev–Trinajstić information content (AvgIpc) is 3.37. The standard InChI is InChI=1S/C29H25N5O2S/c1-2-36-25-17-15-24(16-18-25)34-28(22-10-4-3-5-11-22)32-33-29(34)37-20-27(35)31-30-19-23-13-8-12-21-9-6-7-14-26(21)23/h3-19H,2,20H2,1H3,(H,31,35)/b30-19+. The lowest BCUT2D eigenvalue weighted by Crippen LogP contribution is -2.20. The van der Waals surface area contributed by atoms with Crippen molar-refractivity contribution in [3.05, 3.63) is 103 Å². The first-order valence-corrected chi connectivity index (χ1v) is 12.9. The highest BCUT2D eigenvalue weighted by Gasteiger charge is 2.17. The zero-order valence-corrected chi connectivity index (χ0v) is 21.1. The van der Waals surface area contributed by atoms with Crippen LogP contribution in [0.5, 0.6) is 5.75 Å². The van der Waals surface area contributed by atoms with Gasteiger partial charge >= 0.3 is 0 Å². The summed E-state index contributed by atoms with van der Waals surface area (Å²) in [5.41, 5.74) is 5.37. The Balaban J connectivity index is 1.32. The van der Waals surface area contributed by atoms with Crippen LogP contribution in [0.25, 0.3) is 27.8 Å². The lowest BCUT2D eigenvalue weighted by atomic mass is 10.1. The predicted molar refractivity (Wildman–Crippen MR) is 148 cm³/mol. The molecule has 37 heavy (non-hydrogen) atoms. The molecule has 1 heterocycles. The molecule has 5 aromatic rings. The molecule has 0 bridgehead atoms. The molecule has 1 aromatic heterocycles. The molecule has 5 rings (SSSR count). The first kappa shape index (κ1) is 24.3. The van der Waals surface area contributed by atoms with Gasteiger partial charge in [-0.1, -0.05) is 84.6 Å². The number of nitrogens with one attached hydrogen (secondary N) is 1. The number of aromatic nitrogens is 3. The van der Waals surface area contributed by atoms with Crippen LogP contribution in [-0.4, -0.2) is 39.2 Å². The van der Waals surface area contributed by atoms with E-state index in [1.54, 1.807) is 6.21 Å². The summed E-state index contributed by atoms with van der Waals surface area (Å²) in [6, 6.07) is 31.6. The number of thioether (sulfide) groups is 1. The number of hydrogen-bond acceptors (Lipinski definition) is 6. The summed E-state index contributed by atoms with van der Waals surface area (Å²) in [7, 11) is 0. The van der Waals surface area contributed by atoms with Crippen molar-refractivity contribution in [1.82, 2.24) is 20.2 Å². The molecule has 0 saturated heterocycles. The quantitative estimate of drug-likeness (QED) is 0.157. The molecule has 7 nitrogen and oxygen atoms in total. The van der Waals surface area contributed by atoms with E-state index in [-0.39, 0.29) is 11.7 Å². The molecule has 0 aliphatic rings. The molecule has 0 radical (unpaired) electrons. The Labute approximate surface area is 219 Å². The van der Waals surface area contributed by atoms with Crippen LogP contribution in [0, 0.1) is 0 Å². The van der Waals surface area contributed by atoms with Gasteiger partial charge in [0.25, 0.3) is 5.91 Å². The van der Waals surface area contributed by atoms with Crippen molar-refractivity contribution in [3.8, 4) is 22.8 Å². The van der Waals surface area contributed by atoms with Crippen LogP contribution in [0.15, 0.2) is 107 Å². The van der Waals surface area contributed by atoms with E-state index in [1.807, 2.05) is 109 Å². The SMILES string of the molecule is CCOc1ccc(-n2c(SCC(=O)N/N=C/c3cccc4ccccc34)nnc2-c2ccccc2)cc1. The number of rotatable bonds is 9. The van der Waals surface area contributed by atoms with E-state index >= 15 is 0 Å². The molecule has 0 spiro atoms. The van der Waals surface area contributed by atoms with Gasteiger partial charge in [-0.3, -0.25) is 9.36 Å². The van der Waals surface area contributed by atoms with Crippen LogP contribution >= 0.6 is 11.8 Å². The predicted octanol–water partition coefficient (Wildman–Crippen LogP) is 5.73. The number of hydrogen-bond donors (Lipinski definition) is 1. The molecule has 1 amide bonds. The molecule has 0 atom stereocenters. The van der Waals surface area contributed by atoms with Gasteiger partial charge in [0.15, 0.2) is 11.0 Å². The second-order valence-corrected chi connectivity index (χ2v) is 9.03. The van der Waals surface area contributed by atoms with Gasteiger partial charge in [-0.25, -0.2) is 5.43 Å². The Hall–Kier alpha value is -4.43. The maximum atomic E-state index is 12.6. The third kappa shape index (κ3) is 5.70. The molecular formula is C29H25N5O2S. The highest BCUT2D eigenvalue weighted by molar-refractivity contribution is 7.99. The van der Waals surface area contributed by atoms with E-state index in [4.69, 9.17) is 4.74 Å². The minimum absolute atomic E-state index is 0.136. The summed E-state index contributed by atoms with van der Waals surface area (Å²) in [6.45, 7) is 2.55. The summed E-state index contributed by atoms with van der Waals surface area (Å²) >= 11 is 1.30. The fraction of sp³-hybridized carbons (Fsp3) is 0.103. The molecule has 1 N–H and O–H groups in total. The maximum absolute atomic E-state index is 12.6. The van der Waals surface area contributed by atoms with Crippen LogP contribution in [0.3, 0.4) is 0 Å². The first-order valence-electron chi connectivity index (χ1n) is 11.9. The van der Waals surface area contributed by atoms with E-state index in [0.29, 0.717) is 17.6 Å². The fourth-order valence-electron chi connectivity index (χ4n) is 3.93. The van der Waals surface area contributed by atoms with Crippen molar-refractivity contribution in [2.24, 2.45) is 5.10 Å². The van der Waals surface area contributed by atoms with E-state index in [0.717, 1.165) is 33.3 Å². The number of carbonyl (C=O) groups is 1. The van der Waals surface area contributed by atoms with Gasteiger partial charge in [-0.2, -0.15) is 5.10 Å². The van der Waals surface area contributed by atoms with Gasteiger partial charge in [-0.15, -0.1) is 10.2 Å². The van der Waals surface area contributed by atoms with Gasteiger partial charge in [0.1, 0.15) is 5.75 Å². The van der Waals surface area contributed by atoms with Crippen molar-refractivity contribution in [2.75, 3.05) is 12.4 Å². The van der Waals surface area contributed by atoms with Crippen molar-refractivity contribution in [2.45, 2.75) is 12.1 Å². The third-order valence-electron chi connectivity index (χ3n) is 5.62. The molecule has 0 saturated carbocycles. The summed E-state index contributed by atoms with van der Waals surface area (Å²) < 4.78 is 7.53. The number of nitrogens with zero attached hydrogens (tertiary/aromatic N) is 4. The van der Waals surface area contributed by atoms with Crippen molar-refractivity contribution < 1.29 is 9.53 Å². The van der Waals surface area contributed by atoms with Crippen LogP contribution in [0.1, 0.15) is 12.5 Å². The number of hydrazone groups is 1. The Kier molecular flexibility index (Phi) is 7.57. The Morgan fingerprint density at radius 1 is 0.946 bits per heavy atom. The van der Waals surface area contributed by atoms with Gasteiger partial charge in [-0.05, 0) is 42.0 Å². The monoisotopic (exact) mass is 507 g/mol. The minimum atomic E-state index is -0.232. The molecule has 0 aliphatic carbocycles. The number of benzene rings is 4. The van der Waals surface area contributed by atoms with E-state index in [1.165, 1.54) is 11.8 Å². The lowest BCUT2D eigenvalue weighted by Gasteiger charge is -2.11. The van der Waals surface area contributed by atoms with Gasteiger partial charge in [0.05, 0.1) is 18.6 Å². The summed E-state index contributed by atoms with van der Waals surface area (Å²) in [5.74, 6) is 1.39. The minimum Gasteiger partial charge on any atom is -0.494 e. The summed E-state index contributed by atoms with van der Waals surface area (Å²) in [6.07, 6.45) is 1.67. The molecule has 0 aliphatic heterocycles. The molecule has 4 aromatic carbocycles. The number of amides is 1. The normalized spacial score (nSPS) is 11.2. The number of carbonyl (C=O) groups excluding carboxylic acids is 1. The Morgan fingerprint density at radius 2 is 1.70 bits per heavy atom. The lowest BCUT2D eigenvalue weighted by molar-refractivity contribution is -0.118. The molecular weight excluding hydrogens is 482 g/mol. The highest BCUT2D eigenvalue weighted by Crippen LogP contribution is 2.29. The van der Waals surface area contributed by atoms with Crippen LogP contribution < -0.4 is 10.2 Å². The van der Waals surface area contributed by atoms with Crippen LogP contribution in [-0.2, 0) is 4.79 Å². The molecule has 184 valence electrons. The first-order chi connectivity index (χ1) is 18.2. The Morgan fingerprint density at radius 3 is 2.51 bits per heavy atom. The zero-order chi connectivity index (χ0) is 25.5. The second kappa shape index (κ2) is 11.5. The summed E-state index contributed by atoms with van der Waals surface area (Å²) in [4.78, 5) is 12.6. The molecule has 0 fully saturated rings. The zero-order valence-electron chi connectivity index (χ0n) is 20.2. The third-order valence-corrected chi connectivity index (χ3v) is 6.55. The van der Waals surface area contributed by atoms with Crippen molar-refractivity contribution >= 4 is 34.7 Å². The van der Waals surface area contributed by atoms with Gasteiger partial charge in [0.2, 0.25) is 0 Å². The molecule has 8 heteroatoms. The van der Waals surface area contributed by atoms with Gasteiger partial charge in [0, 0.05) is 16.8 Å². The highest BCUT2D eigenvalue weighted by atomic mass is 32.2. The van der Waals surface area contributed by atoms with E-state index in [9.17, 15) is 4.79 Å². The van der Waals surface area contributed by atoms with Crippen molar-refractivity contribution in [3.63, 3.8) is 0 Å². The Bertz CT molecular complexity index is 1530. The fourth-order valence-corrected chi connectivity index (χ4v) is 4.67. The van der Waals surface area contributed by atoms with Crippen LogP contribution in [0.4, 0.5) is 0 Å². The maximum Gasteiger partial charge on any atom is 0.250 e. The number of fused-ring (bicyclic) bond motifs is 1. The topological polar surface area (TPSA) is 81.4 Å². The molecule has 0 unspecified atom stereocenters. The van der Waals surface area contributed by atoms with E-state index in [2.05, 4.69) is 20.7 Å². The smallest absolute Gasteiger partial charge is 0.250 e. The van der Waals surface area contributed by atoms with Crippen LogP contribution in [0.2, 0.25) is 0 Å². The largest absolute Gasteiger partial charge is 0.494 e. The second-order valence-electron chi connectivity index (χ2n) is 8.08. The van der Waals surface area contributed by atoms with E-state index < -0.39 is 0 Å².